The molecule has 337 valence electrons. The van der Waals surface area contributed by atoms with E-state index in [-0.39, 0.29) is 17.3 Å². The van der Waals surface area contributed by atoms with Crippen molar-refractivity contribution in [3.8, 4) is 0 Å². The fourth-order valence-electron chi connectivity index (χ4n) is 11.5. The molecule has 10 rings (SSSR count). The van der Waals surface area contributed by atoms with Crippen LogP contribution in [-0.4, -0.2) is 22.6 Å². The Morgan fingerprint density at radius 1 is 0.353 bits per heavy atom. The van der Waals surface area contributed by atoms with E-state index >= 15 is 0 Å². The summed E-state index contributed by atoms with van der Waals surface area (Å²) in [7, 11) is -6.15. The van der Waals surface area contributed by atoms with Crippen LogP contribution in [-0.2, 0) is 29.8 Å². The fraction of sp³-hybridized carbons (Fsp3) is 0.161. The predicted octanol–water partition coefficient (Wildman–Crippen LogP) is 11.5. The van der Waals surface area contributed by atoms with Crippen LogP contribution in [0.1, 0.15) is 71.0 Å². The molecule has 0 spiro atoms. The maximum atomic E-state index is 8.43. The summed E-state index contributed by atoms with van der Waals surface area (Å²) >= 11 is -3.36. The zero-order valence-corrected chi connectivity index (χ0v) is 45.8. The van der Waals surface area contributed by atoms with Gasteiger partial charge >= 0.3 is 419 Å². The first-order valence-corrected chi connectivity index (χ1v) is 36.8. The minimum atomic E-state index is -3.36. The quantitative estimate of drug-likeness (QED) is 0.107. The van der Waals surface area contributed by atoms with E-state index in [0.717, 1.165) is 11.5 Å². The number of fused-ring (bicyclic) bond motifs is 2. The molecule has 0 amide bonds. The first kappa shape index (κ1) is 46.1. The molecule has 0 heterocycles. The number of hydrogen-bond donors (Lipinski definition) is 0. The second kappa shape index (κ2) is 19.0. The minimum absolute atomic E-state index is 0.0923. The number of benzene rings is 8. The predicted molar refractivity (Wildman–Crippen MR) is 291 cm³/mol. The van der Waals surface area contributed by atoms with E-state index in [9.17, 15) is 0 Å². The standard InChI is InChI=1S/2C25H25OSi.C12H11Si.Zr/c2*1-25(2,3)27(23-14-6-4-7-15-23,24-16-8-5-9-17-24)26-22-18-20-12-10-11-13-21(20)19-22;1-3-7-11(8-4-1)13-12-9-5-2-6-10-12;/h2*4-19H,1-3H3;1-10,13H;. The molecule has 6 heteroatoms. The van der Waals surface area contributed by atoms with Crippen molar-refractivity contribution < 1.29 is 29.8 Å². The van der Waals surface area contributed by atoms with Gasteiger partial charge in [0.15, 0.2) is 0 Å². The Balaban J connectivity index is 1.27. The van der Waals surface area contributed by atoms with Crippen LogP contribution in [0.5, 0.6) is 0 Å². The van der Waals surface area contributed by atoms with Gasteiger partial charge in [0.05, 0.1) is 0 Å². The SMILES string of the molecule is CC(C)(C)[Si](OC1=Cc2ccccc2[CH]1[Zr]([CH]1C(O[Si](c2ccccc2)(c2ccccc2)C(C)(C)C)=Cc2ccccc21)[SiH](c1ccccc1)c1ccccc1)(c1ccccc1)c1ccccc1. The molecule has 0 aromatic heterocycles. The van der Waals surface area contributed by atoms with Gasteiger partial charge in [0.1, 0.15) is 0 Å². The van der Waals surface area contributed by atoms with Crippen molar-refractivity contribution in [1.82, 2.24) is 0 Å². The molecule has 0 radical (unpaired) electrons. The monoisotopic (exact) mass is 1010 g/mol. The molecule has 0 saturated carbocycles. The van der Waals surface area contributed by atoms with Gasteiger partial charge in [-0.15, -0.1) is 0 Å². The fourth-order valence-corrected chi connectivity index (χ4v) is 47.7. The molecule has 8 aromatic rings. The van der Waals surface area contributed by atoms with Crippen LogP contribution in [0, 0.1) is 0 Å². The molecular weight excluding hydrogens is 952 g/mol. The topological polar surface area (TPSA) is 18.5 Å². The molecular formula is C62H61O2Si3Zr. The van der Waals surface area contributed by atoms with Gasteiger partial charge in [-0.1, -0.05) is 0 Å². The molecule has 0 aliphatic heterocycles. The van der Waals surface area contributed by atoms with Crippen LogP contribution in [0.15, 0.2) is 242 Å². The van der Waals surface area contributed by atoms with Gasteiger partial charge in [0.25, 0.3) is 0 Å². The molecule has 2 aliphatic rings. The van der Waals surface area contributed by atoms with Gasteiger partial charge in [0.2, 0.25) is 0 Å². The summed E-state index contributed by atoms with van der Waals surface area (Å²) in [5, 5.41) is 7.73. The Morgan fingerprint density at radius 3 is 0.912 bits per heavy atom. The van der Waals surface area contributed by atoms with E-state index in [0.29, 0.717) is 0 Å². The molecule has 0 bridgehead atoms. The average Bonchev–Trinajstić information content (AvgIpc) is 3.92. The Bertz CT molecular complexity index is 2750. The summed E-state index contributed by atoms with van der Waals surface area (Å²) in [6.45, 7) is 14.5. The Morgan fingerprint density at radius 2 is 0.618 bits per heavy atom. The molecule has 2 nitrogen and oxygen atoms in total. The van der Waals surface area contributed by atoms with Crippen molar-refractivity contribution in [1.29, 1.82) is 0 Å². The summed E-state index contributed by atoms with van der Waals surface area (Å²) in [6, 6.07) is 86.6. The second-order valence-corrected chi connectivity index (χ2v) is 44.6. The number of rotatable bonds is 13. The third-order valence-corrected chi connectivity index (χ3v) is 47.1. The van der Waals surface area contributed by atoms with Gasteiger partial charge in [0, 0.05) is 0 Å². The Kier molecular flexibility index (Phi) is 12.9. The second-order valence-electron chi connectivity index (χ2n) is 20.5. The molecule has 0 N–H and O–H groups in total. The van der Waals surface area contributed by atoms with Crippen LogP contribution in [0.3, 0.4) is 0 Å². The van der Waals surface area contributed by atoms with E-state index in [2.05, 4.69) is 284 Å². The van der Waals surface area contributed by atoms with Crippen molar-refractivity contribution in [2.24, 2.45) is 0 Å². The molecule has 2 atom stereocenters. The summed E-state index contributed by atoms with van der Waals surface area (Å²) in [4.78, 5) is 0. The molecule has 2 unspecified atom stereocenters. The van der Waals surface area contributed by atoms with Crippen molar-refractivity contribution in [2.75, 3.05) is 0 Å². The first-order chi connectivity index (χ1) is 33.0. The van der Waals surface area contributed by atoms with Crippen LogP contribution in [0.4, 0.5) is 0 Å². The van der Waals surface area contributed by atoms with Crippen molar-refractivity contribution in [3.63, 3.8) is 0 Å². The number of allylic oxidation sites excluding steroid dienone is 2. The maximum absolute atomic E-state index is 8.43. The van der Waals surface area contributed by atoms with Crippen LogP contribution in [0.25, 0.3) is 12.2 Å². The van der Waals surface area contributed by atoms with Crippen LogP contribution < -0.4 is 31.1 Å². The van der Waals surface area contributed by atoms with Gasteiger partial charge < -0.3 is 0 Å². The van der Waals surface area contributed by atoms with E-state index in [1.807, 2.05) is 0 Å². The van der Waals surface area contributed by atoms with Gasteiger partial charge in [-0.2, -0.15) is 0 Å². The van der Waals surface area contributed by atoms with E-state index in [1.165, 1.54) is 53.4 Å². The third-order valence-electron chi connectivity index (χ3n) is 14.4. The summed E-state index contributed by atoms with van der Waals surface area (Å²) in [5.74, 6) is 0.198. The third kappa shape index (κ3) is 8.28. The van der Waals surface area contributed by atoms with E-state index < -0.39 is 43.5 Å². The van der Waals surface area contributed by atoms with Gasteiger partial charge in [-0.05, 0) is 0 Å². The van der Waals surface area contributed by atoms with Crippen LogP contribution in [0.2, 0.25) is 10.1 Å². The van der Waals surface area contributed by atoms with Crippen molar-refractivity contribution in [2.45, 2.75) is 58.9 Å². The zero-order chi connectivity index (χ0) is 46.9. The Hall–Kier alpha value is -5.63. The normalized spacial score (nSPS) is 15.8. The number of hydrogen-bond acceptors (Lipinski definition) is 2. The van der Waals surface area contributed by atoms with Crippen molar-refractivity contribution >= 4 is 65.8 Å². The van der Waals surface area contributed by atoms with Gasteiger partial charge in [-0.25, -0.2) is 0 Å². The van der Waals surface area contributed by atoms with Gasteiger partial charge in [-0.3, -0.25) is 0 Å². The average molecular weight is 1010 g/mol. The molecule has 0 fully saturated rings. The van der Waals surface area contributed by atoms with Crippen molar-refractivity contribution in [3.05, 3.63) is 264 Å². The molecule has 0 saturated heterocycles. The summed E-state index contributed by atoms with van der Waals surface area (Å²) in [6.07, 6.45) is 4.93. The van der Waals surface area contributed by atoms with E-state index in [4.69, 9.17) is 8.85 Å². The summed E-state index contributed by atoms with van der Waals surface area (Å²) < 4.78 is 17.0. The van der Waals surface area contributed by atoms with Crippen LogP contribution >= 0.6 is 0 Å². The molecule has 2 aliphatic carbocycles. The first-order valence-electron chi connectivity index (χ1n) is 24.2. The molecule has 68 heavy (non-hydrogen) atoms. The Labute approximate surface area is 415 Å². The van der Waals surface area contributed by atoms with E-state index in [1.54, 1.807) is 0 Å². The summed E-state index contributed by atoms with van der Waals surface area (Å²) in [5.41, 5.74) is 5.38. The molecule has 8 aromatic carbocycles. The zero-order valence-electron chi connectivity index (χ0n) is 40.1.